The third-order valence-corrected chi connectivity index (χ3v) is 4.88. The Kier molecular flexibility index (Phi) is 7.72. The van der Waals surface area contributed by atoms with Crippen LogP contribution in [-0.4, -0.2) is 59.0 Å². The lowest BCUT2D eigenvalue weighted by atomic mass is 10.1. The second-order valence-electron chi connectivity index (χ2n) is 7.02. The van der Waals surface area contributed by atoms with Gasteiger partial charge in [-0.2, -0.15) is 0 Å². The molecule has 3 rings (SSSR count). The molecule has 1 fully saturated rings. The molecule has 0 saturated carbocycles. The molecule has 1 heterocycles. The molecule has 166 valence electrons. The SMILES string of the molecule is CCCOC(=O)c1cc(NC(=O)c2cc(OC)cc(OC)c2)ccc1N1CCOCC1. The van der Waals surface area contributed by atoms with Gasteiger partial charge in [-0.15, -0.1) is 0 Å². The number of esters is 1. The molecule has 1 amide bonds. The number of nitrogens with zero attached hydrogens (tertiary/aromatic N) is 1. The summed E-state index contributed by atoms with van der Waals surface area (Å²) in [7, 11) is 3.05. The van der Waals surface area contributed by atoms with E-state index < -0.39 is 5.97 Å². The Morgan fingerprint density at radius 2 is 1.71 bits per heavy atom. The van der Waals surface area contributed by atoms with Crippen LogP contribution in [0.3, 0.4) is 0 Å². The number of nitrogens with one attached hydrogen (secondary N) is 1. The average Bonchev–Trinajstić information content (AvgIpc) is 2.82. The van der Waals surface area contributed by atoms with E-state index in [1.54, 1.807) is 30.3 Å². The van der Waals surface area contributed by atoms with Gasteiger partial charge in [0.2, 0.25) is 0 Å². The van der Waals surface area contributed by atoms with Crippen molar-refractivity contribution >= 4 is 23.3 Å². The number of carbonyl (C=O) groups is 2. The van der Waals surface area contributed by atoms with Crippen LogP contribution < -0.4 is 19.7 Å². The van der Waals surface area contributed by atoms with Crippen LogP contribution in [-0.2, 0) is 9.47 Å². The smallest absolute Gasteiger partial charge is 0.340 e. The summed E-state index contributed by atoms with van der Waals surface area (Å²) in [5.41, 5.74) is 2.05. The van der Waals surface area contributed by atoms with E-state index in [9.17, 15) is 9.59 Å². The van der Waals surface area contributed by atoms with Crippen LogP contribution >= 0.6 is 0 Å². The topological polar surface area (TPSA) is 86.3 Å². The molecule has 1 aliphatic heterocycles. The highest BCUT2D eigenvalue weighted by molar-refractivity contribution is 6.06. The molecular weight excluding hydrogens is 400 g/mol. The van der Waals surface area contributed by atoms with Crippen molar-refractivity contribution < 1.29 is 28.5 Å². The molecule has 0 atom stereocenters. The molecule has 31 heavy (non-hydrogen) atoms. The van der Waals surface area contributed by atoms with Crippen LogP contribution in [0, 0.1) is 0 Å². The first-order valence-corrected chi connectivity index (χ1v) is 10.2. The zero-order chi connectivity index (χ0) is 22.2. The van der Waals surface area contributed by atoms with E-state index in [1.807, 2.05) is 13.0 Å². The number of carbonyl (C=O) groups excluding carboxylic acids is 2. The summed E-state index contributed by atoms with van der Waals surface area (Å²) in [6.07, 6.45) is 0.729. The van der Waals surface area contributed by atoms with Crippen LogP contribution in [0.2, 0.25) is 0 Å². The van der Waals surface area contributed by atoms with E-state index in [-0.39, 0.29) is 5.91 Å². The maximum atomic E-state index is 12.8. The Bertz CT molecular complexity index is 902. The average molecular weight is 428 g/mol. The van der Waals surface area contributed by atoms with Crippen LogP contribution in [0.5, 0.6) is 11.5 Å². The van der Waals surface area contributed by atoms with Gasteiger partial charge in [-0.25, -0.2) is 4.79 Å². The highest BCUT2D eigenvalue weighted by atomic mass is 16.5. The number of benzene rings is 2. The maximum absolute atomic E-state index is 12.8. The number of amides is 1. The molecule has 0 unspecified atom stereocenters. The Morgan fingerprint density at radius 1 is 1.03 bits per heavy atom. The van der Waals surface area contributed by atoms with E-state index in [0.29, 0.717) is 61.2 Å². The molecule has 1 saturated heterocycles. The number of hydrogen-bond donors (Lipinski definition) is 1. The number of methoxy groups -OCH3 is 2. The molecule has 1 N–H and O–H groups in total. The fourth-order valence-corrected chi connectivity index (χ4v) is 3.27. The second kappa shape index (κ2) is 10.7. The van der Waals surface area contributed by atoms with E-state index in [0.717, 1.165) is 12.1 Å². The highest BCUT2D eigenvalue weighted by Gasteiger charge is 2.21. The number of hydrogen-bond acceptors (Lipinski definition) is 7. The predicted molar refractivity (Wildman–Crippen MR) is 118 cm³/mol. The Morgan fingerprint density at radius 3 is 2.32 bits per heavy atom. The van der Waals surface area contributed by atoms with Gasteiger partial charge >= 0.3 is 5.97 Å². The summed E-state index contributed by atoms with van der Waals surface area (Å²) in [6, 6.07) is 10.2. The second-order valence-corrected chi connectivity index (χ2v) is 7.02. The van der Waals surface area contributed by atoms with E-state index in [2.05, 4.69) is 10.2 Å². The van der Waals surface area contributed by atoms with E-state index in [1.165, 1.54) is 14.2 Å². The molecule has 2 aromatic carbocycles. The van der Waals surface area contributed by atoms with Crippen molar-refractivity contribution in [2.75, 3.05) is 57.3 Å². The van der Waals surface area contributed by atoms with Gasteiger partial charge in [0.15, 0.2) is 0 Å². The van der Waals surface area contributed by atoms with Crippen molar-refractivity contribution in [3.63, 3.8) is 0 Å². The minimum Gasteiger partial charge on any atom is -0.497 e. The first kappa shape index (κ1) is 22.4. The van der Waals surface area contributed by atoms with Crippen molar-refractivity contribution in [3.8, 4) is 11.5 Å². The Hall–Kier alpha value is -3.26. The molecule has 2 aromatic rings. The fraction of sp³-hybridized carbons (Fsp3) is 0.391. The molecular formula is C23H28N2O6. The summed E-state index contributed by atoms with van der Waals surface area (Å²) in [5, 5.41) is 2.84. The number of ether oxygens (including phenoxy) is 4. The van der Waals surface area contributed by atoms with Gasteiger partial charge in [-0.05, 0) is 36.8 Å². The lowest BCUT2D eigenvalue weighted by molar-refractivity contribution is 0.0504. The summed E-state index contributed by atoms with van der Waals surface area (Å²) in [5.74, 6) is 0.263. The molecule has 8 heteroatoms. The zero-order valence-electron chi connectivity index (χ0n) is 18.1. The minimum absolute atomic E-state index is 0.335. The Labute approximate surface area is 182 Å². The van der Waals surface area contributed by atoms with Crippen LogP contribution in [0.1, 0.15) is 34.1 Å². The van der Waals surface area contributed by atoms with Crippen LogP contribution in [0.15, 0.2) is 36.4 Å². The van der Waals surface area contributed by atoms with Gasteiger partial charge in [-0.3, -0.25) is 4.79 Å². The maximum Gasteiger partial charge on any atom is 0.340 e. The lowest BCUT2D eigenvalue weighted by Gasteiger charge is -2.30. The van der Waals surface area contributed by atoms with Crippen molar-refractivity contribution in [1.29, 1.82) is 0 Å². The summed E-state index contributed by atoms with van der Waals surface area (Å²) >= 11 is 0. The number of rotatable bonds is 8. The first-order valence-electron chi connectivity index (χ1n) is 10.2. The molecule has 0 aliphatic carbocycles. The lowest BCUT2D eigenvalue weighted by Crippen LogP contribution is -2.37. The molecule has 8 nitrogen and oxygen atoms in total. The van der Waals surface area contributed by atoms with Gasteiger partial charge in [0, 0.05) is 30.4 Å². The molecule has 0 aromatic heterocycles. The van der Waals surface area contributed by atoms with Crippen molar-refractivity contribution in [2.45, 2.75) is 13.3 Å². The third kappa shape index (κ3) is 5.67. The van der Waals surface area contributed by atoms with Crippen LogP contribution in [0.4, 0.5) is 11.4 Å². The van der Waals surface area contributed by atoms with E-state index in [4.69, 9.17) is 18.9 Å². The molecule has 1 aliphatic rings. The van der Waals surface area contributed by atoms with Crippen molar-refractivity contribution in [1.82, 2.24) is 0 Å². The number of anilines is 2. The standard InChI is InChI=1S/C23H28N2O6/c1-4-9-31-23(27)20-14-17(5-6-21(20)25-7-10-30-11-8-25)24-22(26)16-12-18(28-2)15-19(13-16)29-3/h5-6,12-15H,4,7-11H2,1-3H3,(H,24,26). The minimum atomic E-state index is -0.414. The van der Waals surface area contributed by atoms with Crippen LogP contribution in [0.25, 0.3) is 0 Å². The third-order valence-electron chi connectivity index (χ3n) is 4.88. The summed E-state index contributed by atoms with van der Waals surface area (Å²) in [6.45, 7) is 4.84. The van der Waals surface area contributed by atoms with E-state index >= 15 is 0 Å². The van der Waals surface area contributed by atoms with Gasteiger partial charge in [0.05, 0.1) is 45.3 Å². The van der Waals surface area contributed by atoms with Crippen molar-refractivity contribution in [3.05, 3.63) is 47.5 Å². The van der Waals surface area contributed by atoms with Gasteiger partial charge in [-0.1, -0.05) is 6.92 Å². The quantitative estimate of drug-likeness (QED) is 0.645. The predicted octanol–water partition coefficient (Wildman–Crippen LogP) is 3.36. The summed E-state index contributed by atoms with van der Waals surface area (Å²) < 4.78 is 21.2. The molecule has 0 radical (unpaired) electrons. The summed E-state index contributed by atoms with van der Waals surface area (Å²) in [4.78, 5) is 27.6. The first-order chi connectivity index (χ1) is 15.0. The zero-order valence-corrected chi connectivity index (χ0v) is 18.1. The Balaban J connectivity index is 1.87. The van der Waals surface area contributed by atoms with Gasteiger partial charge in [0.1, 0.15) is 11.5 Å². The molecule has 0 spiro atoms. The highest BCUT2D eigenvalue weighted by Crippen LogP contribution is 2.28. The normalized spacial score (nSPS) is 13.5. The monoisotopic (exact) mass is 428 g/mol. The number of morpholine rings is 1. The molecule has 0 bridgehead atoms. The fourth-order valence-electron chi connectivity index (χ4n) is 3.27. The van der Waals surface area contributed by atoms with Gasteiger partial charge in [0.25, 0.3) is 5.91 Å². The van der Waals surface area contributed by atoms with Crippen molar-refractivity contribution in [2.24, 2.45) is 0 Å². The van der Waals surface area contributed by atoms with Gasteiger partial charge < -0.3 is 29.2 Å². The largest absolute Gasteiger partial charge is 0.497 e.